The van der Waals surface area contributed by atoms with Crippen LogP contribution in [-0.2, 0) is 10.0 Å². The van der Waals surface area contributed by atoms with Crippen LogP contribution in [0, 0.1) is 0 Å². The number of hydrogen-bond acceptors (Lipinski definition) is 4. The van der Waals surface area contributed by atoms with E-state index in [-0.39, 0.29) is 11.2 Å². The van der Waals surface area contributed by atoms with Crippen molar-refractivity contribution in [3.05, 3.63) is 12.4 Å². The summed E-state index contributed by atoms with van der Waals surface area (Å²) in [6.45, 7) is 4.60. The van der Waals surface area contributed by atoms with E-state index in [0.29, 0.717) is 12.6 Å². The molecule has 2 aliphatic rings. The lowest BCUT2D eigenvalue weighted by Gasteiger charge is -2.42. The summed E-state index contributed by atoms with van der Waals surface area (Å²) in [5.41, 5.74) is 0. The summed E-state index contributed by atoms with van der Waals surface area (Å²) < 4.78 is 26.9. The lowest BCUT2D eigenvalue weighted by atomic mass is 10.1. The third kappa shape index (κ3) is 2.19. The topological polar surface area (TPSA) is 69.3 Å². The van der Waals surface area contributed by atoms with Gasteiger partial charge in [-0.15, -0.1) is 0 Å². The van der Waals surface area contributed by atoms with E-state index in [0.717, 1.165) is 25.9 Å². The van der Waals surface area contributed by atoms with Crippen molar-refractivity contribution in [1.82, 2.24) is 19.2 Å². The van der Waals surface area contributed by atoms with Crippen LogP contribution in [0.15, 0.2) is 17.6 Å². The van der Waals surface area contributed by atoms with Crippen molar-refractivity contribution in [3.8, 4) is 0 Å². The molecule has 1 N–H and O–H groups in total. The summed E-state index contributed by atoms with van der Waals surface area (Å²) in [6, 6.07) is 0.442. The third-order valence-electron chi connectivity index (χ3n) is 4.24. The highest BCUT2D eigenvalue weighted by Crippen LogP contribution is 2.29. The molecule has 0 saturated carbocycles. The molecule has 2 unspecified atom stereocenters. The van der Waals surface area contributed by atoms with Crippen LogP contribution in [0.2, 0.25) is 0 Å². The third-order valence-corrected chi connectivity index (χ3v) is 6.02. The molecule has 3 rings (SSSR count). The van der Waals surface area contributed by atoms with Crippen molar-refractivity contribution < 1.29 is 8.42 Å². The molecule has 6 nitrogen and oxygen atoms in total. The number of hydrogen-bond donors (Lipinski definition) is 1. The van der Waals surface area contributed by atoms with Gasteiger partial charge in [-0.1, -0.05) is 6.92 Å². The van der Waals surface area contributed by atoms with Crippen molar-refractivity contribution in [2.45, 2.75) is 43.4 Å². The van der Waals surface area contributed by atoms with Gasteiger partial charge in [0, 0.05) is 37.6 Å². The van der Waals surface area contributed by atoms with Gasteiger partial charge in [0.1, 0.15) is 0 Å². The van der Waals surface area contributed by atoms with Gasteiger partial charge in [0.15, 0.2) is 0 Å². The average Bonchev–Trinajstić information content (AvgIpc) is 3.07. The summed E-state index contributed by atoms with van der Waals surface area (Å²) in [5.74, 6) is 0. The normalized spacial score (nSPS) is 29.5. The van der Waals surface area contributed by atoms with Gasteiger partial charge in [-0.3, -0.25) is 4.90 Å². The number of nitrogens with one attached hydrogen (secondary N) is 1. The van der Waals surface area contributed by atoms with E-state index in [1.165, 1.54) is 12.6 Å². The molecule has 2 aliphatic heterocycles. The smallest absolute Gasteiger partial charge is 0.277 e. The molecule has 0 aromatic carbocycles. The Kier molecular flexibility index (Phi) is 3.36. The molecule has 7 heteroatoms. The van der Waals surface area contributed by atoms with Crippen LogP contribution < -0.4 is 0 Å². The zero-order valence-corrected chi connectivity index (χ0v) is 11.9. The second-order valence-electron chi connectivity index (χ2n) is 5.32. The van der Waals surface area contributed by atoms with Gasteiger partial charge in [-0.2, -0.15) is 4.31 Å². The van der Waals surface area contributed by atoms with Gasteiger partial charge < -0.3 is 4.98 Å². The van der Waals surface area contributed by atoms with Crippen molar-refractivity contribution in [1.29, 1.82) is 0 Å². The number of fused-ring (bicyclic) bond motifs is 1. The fourth-order valence-corrected chi connectivity index (χ4v) is 4.80. The molecule has 3 heterocycles. The Morgan fingerprint density at radius 3 is 3.00 bits per heavy atom. The van der Waals surface area contributed by atoms with Crippen molar-refractivity contribution in [2.24, 2.45) is 0 Å². The van der Waals surface area contributed by atoms with E-state index < -0.39 is 10.0 Å². The quantitative estimate of drug-likeness (QED) is 0.885. The van der Waals surface area contributed by atoms with Gasteiger partial charge in [0.2, 0.25) is 5.16 Å². The molecule has 1 aromatic rings. The number of aromatic nitrogens is 2. The fraction of sp³-hybridized carbons (Fsp3) is 0.750. The molecule has 0 radical (unpaired) electrons. The Morgan fingerprint density at radius 2 is 2.32 bits per heavy atom. The first kappa shape index (κ1) is 13.1. The zero-order chi connectivity index (χ0) is 13.5. The molecule has 1 aromatic heterocycles. The van der Waals surface area contributed by atoms with Gasteiger partial charge in [0.25, 0.3) is 10.0 Å². The van der Waals surface area contributed by atoms with E-state index in [1.54, 1.807) is 10.5 Å². The molecule has 0 spiro atoms. The van der Waals surface area contributed by atoms with Crippen molar-refractivity contribution in [3.63, 3.8) is 0 Å². The molecule has 19 heavy (non-hydrogen) atoms. The summed E-state index contributed by atoms with van der Waals surface area (Å²) in [4.78, 5) is 9.08. The summed E-state index contributed by atoms with van der Waals surface area (Å²) in [7, 11) is -3.48. The Labute approximate surface area is 113 Å². The van der Waals surface area contributed by atoms with Crippen LogP contribution in [0.5, 0.6) is 0 Å². The molecule has 2 saturated heterocycles. The molecular formula is C12H20N4O2S. The molecule has 0 amide bonds. The minimum absolute atomic E-state index is 0.0597. The van der Waals surface area contributed by atoms with Gasteiger partial charge in [-0.25, -0.2) is 13.4 Å². The molecular weight excluding hydrogens is 264 g/mol. The van der Waals surface area contributed by atoms with Crippen molar-refractivity contribution in [2.75, 3.05) is 19.6 Å². The molecule has 0 bridgehead atoms. The highest BCUT2D eigenvalue weighted by atomic mass is 32.2. The second-order valence-corrected chi connectivity index (χ2v) is 7.13. The van der Waals surface area contributed by atoms with Crippen LogP contribution in [0.4, 0.5) is 0 Å². The predicted molar refractivity (Wildman–Crippen MR) is 71.2 cm³/mol. The van der Waals surface area contributed by atoms with Crippen LogP contribution in [0.25, 0.3) is 0 Å². The predicted octanol–water partition coefficient (Wildman–Crippen LogP) is 0.657. The maximum atomic E-state index is 12.6. The molecule has 106 valence electrons. The lowest BCUT2D eigenvalue weighted by molar-refractivity contribution is 0.106. The summed E-state index contributed by atoms with van der Waals surface area (Å²) in [6.07, 6.45) is 6.15. The van der Waals surface area contributed by atoms with E-state index >= 15 is 0 Å². The number of H-pyrrole nitrogens is 1. The average molecular weight is 284 g/mol. The number of nitrogens with zero attached hydrogens (tertiary/aromatic N) is 3. The minimum atomic E-state index is -3.48. The van der Waals surface area contributed by atoms with E-state index in [4.69, 9.17) is 0 Å². The van der Waals surface area contributed by atoms with Gasteiger partial charge in [0.05, 0.1) is 0 Å². The number of aromatic amines is 1. The van der Waals surface area contributed by atoms with Gasteiger partial charge in [-0.05, 0) is 25.8 Å². The fourth-order valence-electron chi connectivity index (χ4n) is 3.19. The summed E-state index contributed by atoms with van der Waals surface area (Å²) >= 11 is 0. The standard InChI is InChI=1S/C12H20N4O2S/c1-2-10-8-15-7-3-4-11(15)9-16(10)19(17,18)12-13-5-6-14-12/h5-6,10-11H,2-4,7-9H2,1H3,(H,13,14). The Morgan fingerprint density at radius 1 is 1.47 bits per heavy atom. The molecule has 0 aliphatic carbocycles. The maximum absolute atomic E-state index is 12.6. The van der Waals surface area contributed by atoms with Crippen LogP contribution >= 0.6 is 0 Å². The Bertz CT molecular complexity index is 528. The van der Waals surface area contributed by atoms with Crippen LogP contribution in [0.1, 0.15) is 26.2 Å². The van der Waals surface area contributed by atoms with Crippen LogP contribution in [0.3, 0.4) is 0 Å². The van der Waals surface area contributed by atoms with Gasteiger partial charge >= 0.3 is 0 Å². The summed E-state index contributed by atoms with van der Waals surface area (Å²) in [5, 5.41) is 0.0670. The largest absolute Gasteiger partial charge is 0.334 e. The number of piperazine rings is 1. The first-order valence-corrected chi connectivity index (χ1v) is 8.32. The monoisotopic (exact) mass is 284 g/mol. The van der Waals surface area contributed by atoms with E-state index in [1.807, 2.05) is 6.92 Å². The van der Waals surface area contributed by atoms with E-state index in [9.17, 15) is 8.42 Å². The van der Waals surface area contributed by atoms with Crippen LogP contribution in [-0.4, -0.2) is 59.3 Å². The molecule has 2 fully saturated rings. The maximum Gasteiger partial charge on any atom is 0.277 e. The highest BCUT2D eigenvalue weighted by molar-refractivity contribution is 7.89. The lowest BCUT2D eigenvalue weighted by Crippen LogP contribution is -2.57. The Hall–Kier alpha value is -0.920. The first-order chi connectivity index (χ1) is 9.13. The highest BCUT2D eigenvalue weighted by Gasteiger charge is 2.42. The number of sulfonamides is 1. The first-order valence-electron chi connectivity index (χ1n) is 6.88. The SMILES string of the molecule is CCC1CN2CCCC2CN1S(=O)(=O)c1ncc[nH]1. The minimum Gasteiger partial charge on any atom is -0.334 e. The zero-order valence-electron chi connectivity index (χ0n) is 11.1. The van der Waals surface area contributed by atoms with Crippen molar-refractivity contribution >= 4 is 10.0 Å². The molecule has 2 atom stereocenters. The van der Waals surface area contributed by atoms with E-state index in [2.05, 4.69) is 14.9 Å². The number of rotatable bonds is 3. The number of imidazole rings is 1. The Balaban J connectivity index is 1.89. The second kappa shape index (κ2) is 4.88.